The topological polar surface area (TPSA) is 98.7 Å². The summed E-state index contributed by atoms with van der Waals surface area (Å²) in [7, 11) is 1.67. The van der Waals surface area contributed by atoms with E-state index in [0.29, 0.717) is 18.1 Å². The van der Waals surface area contributed by atoms with Gasteiger partial charge in [0.05, 0.1) is 6.04 Å². The molecule has 3 N–H and O–H groups in total. The molecule has 0 aromatic heterocycles. The van der Waals surface area contributed by atoms with E-state index in [2.05, 4.69) is 10.6 Å². The number of amides is 2. The van der Waals surface area contributed by atoms with E-state index in [1.807, 2.05) is 13.8 Å². The third kappa shape index (κ3) is 4.61. The van der Waals surface area contributed by atoms with E-state index < -0.39 is 24.1 Å². The molecule has 1 rings (SSSR count). The van der Waals surface area contributed by atoms with Crippen LogP contribution in [0.4, 0.5) is 0 Å². The van der Waals surface area contributed by atoms with Gasteiger partial charge in [0.1, 0.15) is 12.1 Å². The molecule has 22 heavy (non-hydrogen) atoms. The van der Waals surface area contributed by atoms with Crippen molar-refractivity contribution in [2.75, 3.05) is 25.1 Å². The molecule has 0 aromatic carbocycles. The van der Waals surface area contributed by atoms with E-state index in [1.54, 1.807) is 14.0 Å². The summed E-state index contributed by atoms with van der Waals surface area (Å²) < 4.78 is 0. The number of hydrogen-bond donors (Lipinski definition) is 3. The van der Waals surface area contributed by atoms with Gasteiger partial charge >= 0.3 is 5.97 Å². The Morgan fingerprint density at radius 1 is 1.27 bits per heavy atom. The molecule has 1 aliphatic rings. The zero-order chi connectivity index (χ0) is 16.9. The molecule has 3 unspecified atom stereocenters. The maximum absolute atomic E-state index is 12.7. The summed E-state index contributed by atoms with van der Waals surface area (Å²) in [6.07, 6.45) is 0. The van der Waals surface area contributed by atoms with E-state index >= 15 is 0 Å². The van der Waals surface area contributed by atoms with Crippen molar-refractivity contribution in [1.82, 2.24) is 15.5 Å². The average Bonchev–Trinajstić information content (AvgIpc) is 2.50. The zero-order valence-electron chi connectivity index (χ0n) is 13.5. The highest BCUT2D eigenvalue weighted by molar-refractivity contribution is 7.99. The minimum Gasteiger partial charge on any atom is -0.480 e. The molecule has 1 saturated heterocycles. The van der Waals surface area contributed by atoms with Crippen LogP contribution in [0.3, 0.4) is 0 Å². The lowest BCUT2D eigenvalue weighted by Gasteiger charge is -2.36. The summed E-state index contributed by atoms with van der Waals surface area (Å²) in [4.78, 5) is 37.5. The van der Waals surface area contributed by atoms with E-state index in [4.69, 9.17) is 0 Å². The molecule has 1 heterocycles. The molecule has 0 bridgehead atoms. The first-order valence-electron chi connectivity index (χ1n) is 7.38. The van der Waals surface area contributed by atoms with Crippen LogP contribution in [0.25, 0.3) is 0 Å². The van der Waals surface area contributed by atoms with Gasteiger partial charge in [-0.05, 0) is 19.9 Å². The average molecular weight is 331 g/mol. The second kappa shape index (κ2) is 8.38. The van der Waals surface area contributed by atoms with Gasteiger partial charge < -0.3 is 20.6 Å². The van der Waals surface area contributed by atoms with E-state index in [0.717, 1.165) is 0 Å². The molecule has 0 spiro atoms. The van der Waals surface area contributed by atoms with Crippen LogP contribution in [0, 0.1) is 5.92 Å². The fraction of sp³-hybridized carbons (Fsp3) is 0.786. The fourth-order valence-electron chi connectivity index (χ4n) is 2.17. The van der Waals surface area contributed by atoms with Gasteiger partial charge in [-0.25, -0.2) is 4.79 Å². The Labute approximate surface area is 135 Å². The summed E-state index contributed by atoms with van der Waals surface area (Å²) in [6, 6.07) is -1.96. The van der Waals surface area contributed by atoms with Gasteiger partial charge in [0.15, 0.2) is 0 Å². The first kappa shape index (κ1) is 18.8. The number of carboxylic acids is 1. The summed E-state index contributed by atoms with van der Waals surface area (Å²) in [5, 5.41) is 14.8. The molecule has 1 aliphatic heterocycles. The van der Waals surface area contributed by atoms with Crippen molar-refractivity contribution in [1.29, 1.82) is 0 Å². The Bertz CT molecular complexity index is 430. The van der Waals surface area contributed by atoms with Gasteiger partial charge in [-0.1, -0.05) is 13.8 Å². The maximum atomic E-state index is 12.7. The first-order valence-corrected chi connectivity index (χ1v) is 8.53. The van der Waals surface area contributed by atoms with E-state index in [9.17, 15) is 19.5 Å². The van der Waals surface area contributed by atoms with E-state index in [1.165, 1.54) is 16.7 Å². The third-order valence-electron chi connectivity index (χ3n) is 3.75. The van der Waals surface area contributed by atoms with Gasteiger partial charge in [-0.3, -0.25) is 9.59 Å². The predicted molar refractivity (Wildman–Crippen MR) is 85.8 cm³/mol. The number of aliphatic carboxylic acids is 1. The third-order valence-corrected chi connectivity index (χ3v) is 4.78. The smallest absolute Gasteiger partial charge is 0.327 e. The van der Waals surface area contributed by atoms with Gasteiger partial charge in [0.2, 0.25) is 11.8 Å². The fourth-order valence-corrected chi connectivity index (χ4v) is 3.21. The van der Waals surface area contributed by atoms with Crippen molar-refractivity contribution >= 4 is 29.5 Å². The minimum atomic E-state index is -1.00. The van der Waals surface area contributed by atoms with Crippen LogP contribution >= 0.6 is 11.8 Å². The standard InChI is InChI=1S/C14H25N3O4S/c1-8(2)11(16-12(18)9(3)15-4)13(19)17-5-6-22-7-10(17)14(20)21/h8-11,15H,5-7H2,1-4H3,(H,16,18)(H,20,21). The number of nitrogens with zero attached hydrogens (tertiary/aromatic N) is 1. The normalized spacial score (nSPS) is 21.3. The molecule has 7 nitrogen and oxygen atoms in total. The molecule has 0 radical (unpaired) electrons. The summed E-state index contributed by atoms with van der Waals surface area (Å²) in [5.74, 6) is -0.622. The summed E-state index contributed by atoms with van der Waals surface area (Å²) >= 11 is 1.52. The van der Waals surface area contributed by atoms with Gasteiger partial charge in [0, 0.05) is 18.1 Å². The summed E-state index contributed by atoms with van der Waals surface area (Å²) in [6.45, 7) is 5.76. The Hall–Kier alpha value is -1.28. The van der Waals surface area contributed by atoms with Crippen molar-refractivity contribution in [3.63, 3.8) is 0 Å². The number of hydrogen-bond acceptors (Lipinski definition) is 5. The Balaban J connectivity index is 2.87. The lowest BCUT2D eigenvalue weighted by molar-refractivity contribution is -0.151. The first-order chi connectivity index (χ1) is 10.3. The highest BCUT2D eigenvalue weighted by Crippen LogP contribution is 2.19. The molecule has 1 fully saturated rings. The van der Waals surface area contributed by atoms with Gasteiger partial charge in [0.25, 0.3) is 0 Å². The monoisotopic (exact) mass is 331 g/mol. The molecular weight excluding hydrogens is 306 g/mol. The van der Waals surface area contributed by atoms with Gasteiger partial charge in [-0.2, -0.15) is 11.8 Å². The molecule has 0 saturated carbocycles. The number of carboxylic acid groups (broad SMARTS) is 1. The van der Waals surface area contributed by atoms with Crippen molar-refractivity contribution in [3.05, 3.63) is 0 Å². The largest absolute Gasteiger partial charge is 0.480 e. The number of carbonyl (C=O) groups is 3. The maximum Gasteiger partial charge on any atom is 0.327 e. The highest BCUT2D eigenvalue weighted by Gasteiger charge is 2.37. The molecule has 3 atom stereocenters. The lowest BCUT2D eigenvalue weighted by atomic mass is 10.0. The zero-order valence-corrected chi connectivity index (χ0v) is 14.3. The van der Waals surface area contributed by atoms with E-state index in [-0.39, 0.29) is 17.7 Å². The Morgan fingerprint density at radius 2 is 1.91 bits per heavy atom. The highest BCUT2D eigenvalue weighted by atomic mass is 32.2. The molecular formula is C14H25N3O4S. The SMILES string of the molecule is CNC(C)C(=O)NC(C(=O)N1CCSCC1C(=O)O)C(C)C. The van der Waals surface area contributed by atoms with Crippen LogP contribution < -0.4 is 10.6 Å². The van der Waals surface area contributed by atoms with Crippen LogP contribution in [0.5, 0.6) is 0 Å². The quantitative estimate of drug-likeness (QED) is 0.621. The Kier molecular flexibility index (Phi) is 7.15. The van der Waals surface area contributed by atoms with Crippen LogP contribution in [-0.4, -0.2) is 71.0 Å². The number of carbonyl (C=O) groups excluding carboxylic acids is 2. The van der Waals surface area contributed by atoms with Crippen LogP contribution in [0.2, 0.25) is 0 Å². The molecule has 0 aliphatic carbocycles. The predicted octanol–water partition coefficient (Wildman–Crippen LogP) is -0.236. The van der Waals surface area contributed by atoms with Crippen molar-refractivity contribution in [2.45, 2.75) is 38.9 Å². The number of thioether (sulfide) groups is 1. The second-order valence-electron chi connectivity index (χ2n) is 5.70. The van der Waals surface area contributed by atoms with Crippen molar-refractivity contribution < 1.29 is 19.5 Å². The van der Waals surface area contributed by atoms with Crippen molar-refractivity contribution in [2.24, 2.45) is 5.92 Å². The Morgan fingerprint density at radius 3 is 2.41 bits per heavy atom. The lowest BCUT2D eigenvalue weighted by Crippen LogP contribution is -2.59. The van der Waals surface area contributed by atoms with Crippen molar-refractivity contribution in [3.8, 4) is 0 Å². The van der Waals surface area contributed by atoms with Crippen LogP contribution in [-0.2, 0) is 14.4 Å². The summed E-state index contributed by atoms with van der Waals surface area (Å²) in [5.41, 5.74) is 0. The van der Waals surface area contributed by atoms with Crippen LogP contribution in [0.15, 0.2) is 0 Å². The van der Waals surface area contributed by atoms with Crippen LogP contribution in [0.1, 0.15) is 20.8 Å². The number of likely N-dealkylation sites (N-methyl/N-ethyl adjacent to an activating group) is 1. The minimum absolute atomic E-state index is 0.121. The number of nitrogens with one attached hydrogen (secondary N) is 2. The number of rotatable bonds is 6. The molecule has 126 valence electrons. The van der Waals surface area contributed by atoms with Gasteiger partial charge in [-0.15, -0.1) is 0 Å². The molecule has 2 amide bonds. The second-order valence-corrected chi connectivity index (χ2v) is 6.85. The molecule has 8 heteroatoms. The molecule has 0 aromatic rings.